The lowest BCUT2D eigenvalue weighted by molar-refractivity contribution is -0.142. The monoisotopic (exact) mass is 365 g/mol. The van der Waals surface area contributed by atoms with E-state index in [0.29, 0.717) is 17.6 Å². The first-order valence-electron chi connectivity index (χ1n) is 5.39. The van der Waals surface area contributed by atoms with E-state index in [-0.39, 0.29) is 12.0 Å². The summed E-state index contributed by atoms with van der Waals surface area (Å²) in [6.07, 6.45) is 0.708. The normalized spacial score (nSPS) is 25.4. The molecular formula is C11H13Br2NO3. The molecule has 1 aromatic rings. The fraction of sp³-hybridized carbons (Fsp3) is 0.545. The molecule has 94 valence electrons. The summed E-state index contributed by atoms with van der Waals surface area (Å²) < 4.78 is 7.06. The van der Waals surface area contributed by atoms with Gasteiger partial charge in [-0.05, 0) is 57.8 Å². The first-order valence-corrected chi connectivity index (χ1v) is 6.98. The van der Waals surface area contributed by atoms with Gasteiger partial charge in [-0.2, -0.15) is 0 Å². The maximum absolute atomic E-state index is 11.0. The van der Waals surface area contributed by atoms with Crippen LogP contribution in [0, 0.1) is 5.92 Å². The number of hydrogen-bond donors (Lipinski definition) is 1. The van der Waals surface area contributed by atoms with Gasteiger partial charge in [0.15, 0.2) is 4.67 Å². The average molecular weight is 367 g/mol. The number of likely N-dealkylation sites (tertiary alicyclic amines) is 1. The van der Waals surface area contributed by atoms with Gasteiger partial charge in [-0.3, -0.25) is 9.69 Å². The van der Waals surface area contributed by atoms with E-state index >= 15 is 0 Å². The highest BCUT2D eigenvalue weighted by Crippen LogP contribution is 2.30. The summed E-state index contributed by atoms with van der Waals surface area (Å²) in [4.78, 5) is 13.1. The Kier molecular flexibility index (Phi) is 3.95. The van der Waals surface area contributed by atoms with Crippen LogP contribution in [0.2, 0.25) is 0 Å². The molecule has 4 nitrogen and oxygen atoms in total. The Bertz CT molecular complexity index is 413. The molecule has 0 spiro atoms. The Hall–Kier alpha value is -0.330. The van der Waals surface area contributed by atoms with E-state index in [2.05, 4.69) is 36.8 Å². The lowest BCUT2D eigenvalue weighted by atomic mass is 10.0. The van der Waals surface area contributed by atoms with Crippen LogP contribution >= 0.6 is 31.9 Å². The van der Waals surface area contributed by atoms with Crippen LogP contribution in [0.1, 0.15) is 19.1 Å². The van der Waals surface area contributed by atoms with Crippen LogP contribution in [0.5, 0.6) is 0 Å². The number of aliphatic carboxylic acids is 1. The molecule has 1 N–H and O–H groups in total. The van der Waals surface area contributed by atoms with Crippen LogP contribution in [-0.4, -0.2) is 28.6 Å². The van der Waals surface area contributed by atoms with Crippen LogP contribution in [-0.2, 0) is 11.3 Å². The van der Waals surface area contributed by atoms with Gasteiger partial charge in [-0.15, -0.1) is 0 Å². The van der Waals surface area contributed by atoms with E-state index < -0.39 is 5.97 Å². The third-order valence-corrected chi connectivity index (χ3v) is 4.97. The first kappa shape index (κ1) is 13.1. The Labute approximate surface area is 116 Å². The summed E-state index contributed by atoms with van der Waals surface area (Å²) in [6.45, 7) is 3.40. The number of carbonyl (C=O) groups is 1. The second kappa shape index (κ2) is 5.12. The van der Waals surface area contributed by atoms with Crippen LogP contribution in [0.3, 0.4) is 0 Å². The number of halogens is 2. The van der Waals surface area contributed by atoms with Crippen LogP contribution in [0.4, 0.5) is 0 Å². The van der Waals surface area contributed by atoms with Crippen LogP contribution < -0.4 is 0 Å². The highest BCUT2D eigenvalue weighted by atomic mass is 79.9. The summed E-state index contributed by atoms with van der Waals surface area (Å²) in [7, 11) is 0. The summed E-state index contributed by atoms with van der Waals surface area (Å²) in [5, 5.41) is 9.05. The Balaban J connectivity index is 2.03. The second-order valence-electron chi connectivity index (χ2n) is 4.28. The van der Waals surface area contributed by atoms with Gasteiger partial charge in [0, 0.05) is 6.04 Å². The average Bonchev–Trinajstić information content (AvgIpc) is 2.74. The lowest BCUT2D eigenvalue weighted by Crippen LogP contribution is -2.32. The molecule has 1 saturated heterocycles. The van der Waals surface area contributed by atoms with Gasteiger partial charge in [0.1, 0.15) is 5.76 Å². The third kappa shape index (κ3) is 2.74. The van der Waals surface area contributed by atoms with Crippen molar-refractivity contribution in [2.45, 2.75) is 25.9 Å². The lowest BCUT2D eigenvalue weighted by Gasteiger charge is -2.21. The van der Waals surface area contributed by atoms with E-state index in [0.717, 1.165) is 16.8 Å². The molecule has 0 radical (unpaired) electrons. The summed E-state index contributed by atoms with van der Waals surface area (Å²) in [5.41, 5.74) is 0. The van der Waals surface area contributed by atoms with Gasteiger partial charge in [0.25, 0.3) is 0 Å². The van der Waals surface area contributed by atoms with Crippen LogP contribution in [0.25, 0.3) is 0 Å². The largest absolute Gasteiger partial charge is 0.481 e. The molecule has 1 aliphatic rings. The number of hydrogen-bond acceptors (Lipinski definition) is 3. The van der Waals surface area contributed by atoms with Crippen molar-refractivity contribution in [3.8, 4) is 0 Å². The van der Waals surface area contributed by atoms with Gasteiger partial charge in [0.2, 0.25) is 0 Å². The zero-order valence-electron chi connectivity index (χ0n) is 9.32. The highest BCUT2D eigenvalue weighted by molar-refractivity contribution is 9.13. The van der Waals surface area contributed by atoms with Crippen molar-refractivity contribution >= 4 is 37.8 Å². The molecule has 2 heterocycles. The minimum atomic E-state index is -0.707. The van der Waals surface area contributed by atoms with Gasteiger partial charge < -0.3 is 9.52 Å². The number of furan rings is 1. The van der Waals surface area contributed by atoms with Gasteiger partial charge in [0.05, 0.1) is 16.9 Å². The van der Waals surface area contributed by atoms with Crippen molar-refractivity contribution in [2.75, 3.05) is 6.54 Å². The number of carboxylic acids is 1. The van der Waals surface area contributed by atoms with Gasteiger partial charge in [-0.25, -0.2) is 0 Å². The van der Waals surface area contributed by atoms with Gasteiger partial charge >= 0.3 is 5.97 Å². The molecule has 2 unspecified atom stereocenters. The van der Waals surface area contributed by atoms with E-state index in [1.165, 1.54) is 0 Å². The Morgan fingerprint density at radius 3 is 2.82 bits per heavy atom. The maximum atomic E-state index is 11.0. The van der Waals surface area contributed by atoms with Crippen LogP contribution in [0.15, 0.2) is 19.6 Å². The van der Waals surface area contributed by atoms with E-state index in [4.69, 9.17) is 9.52 Å². The van der Waals surface area contributed by atoms with Crippen molar-refractivity contribution in [2.24, 2.45) is 5.92 Å². The van der Waals surface area contributed by atoms with E-state index in [9.17, 15) is 4.79 Å². The van der Waals surface area contributed by atoms with E-state index in [1.807, 2.05) is 13.0 Å². The predicted octanol–water partition coefficient (Wildman–Crippen LogP) is 3.10. The minimum absolute atomic E-state index is 0.0511. The molecule has 0 saturated carbocycles. The molecule has 17 heavy (non-hydrogen) atoms. The number of nitrogens with zero attached hydrogens (tertiary/aromatic N) is 1. The second-order valence-corrected chi connectivity index (χ2v) is 5.85. The molecule has 0 amide bonds. The number of rotatable bonds is 3. The zero-order chi connectivity index (χ0) is 12.6. The Morgan fingerprint density at radius 2 is 2.35 bits per heavy atom. The summed E-state index contributed by atoms with van der Waals surface area (Å²) >= 11 is 6.65. The van der Waals surface area contributed by atoms with Crippen molar-refractivity contribution < 1.29 is 14.3 Å². The van der Waals surface area contributed by atoms with Crippen molar-refractivity contribution in [1.82, 2.24) is 4.90 Å². The molecule has 1 aliphatic heterocycles. The molecule has 0 bridgehead atoms. The SMILES string of the molecule is CC1C(C(=O)O)CCN1Cc1cc(Br)c(Br)o1. The van der Waals surface area contributed by atoms with Crippen molar-refractivity contribution in [3.63, 3.8) is 0 Å². The fourth-order valence-corrected chi connectivity index (χ4v) is 2.89. The predicted molar refractivity (Wildman–Crippen MR) is 69.7 cm³/mol. The summed E-state index contributed by atoms with van der Waals surface area (Å²) in [6, 6.07) is 1.96. The fourth-order valence-electron chi connectivity index (χ4n) is 2.23. The molecule has 2 rings (SSSR count). The minimum Gasteiger partial charge on any atom is -0.481 e. The molecule has 1 aromatic heterocycles. The van der Waals surface area contributed by atoms with Crippen molar-refractivity contribution in [1.29, 1.82) is 0 Å². The molecule has 0 aromatic carbocycles. The first-order chi connectivity index (χ1) is 7.99. The number of carboxylic acid groups (broad SMARTS) is 1. The highest BCUT2D eigenvalue weighted by Gasteiger charge is 2.35. The maximum Gasteiger partial charge on any atom is 0.308 e. The molecular weight excluding hydrogens is 354 g/mol. The van der Waals surface area contributed by atoms with E-state index in [1.54, 1.807) is 0 Å². The smallest absolute Gasteiger partial charge is 0.308 e. The third-order valence-electron chi connectivity index (χ3n) is 3.26. The molecule has 2 atom stereocenters. The zero-order valence-corrected chi connectivity index (χ0v) is 12.5. The Morgan fingerprint density at radius 1 is 1.65 bits per heavy atom. The summed E-state index contributed by atoms with van der Waals surface area (Å²) in [5.74, 6) is -0.139. The standard InChI is InChI=1S/C11H13Br2NO3/c1-6-8(11(15)16)2-3-14(6)5-7-4-9(12)10(13)17-7/h4,6,8H,2-3,5H2,1H3,(H,15,16). The molecule has 0 aliphatic carbocycles. The quantitative estimate of drug-likeness (QED) is 0.892. The molecule has 6 heteroatoms. The molecule has 1 fully saturated rings. The van der Waals surface area contributed by atoms with Gasteiger partial charge in [-0.1, -0.05) is 0 Å². The topological polar surface area (TPSA) is 53.7 Å². The van der Waals surface area contributed by atoms with Crippen molar-refractivity contribution in [3.05, 3.63) is 21.0 Å².